The molecule has 1 aromatic heterocycles. The first-order chi connectivity index (χ1) is 13.2. The summed E-state index contributed by atoms with van der Waals surface area (Å²) in [7, 11) is 0. The number of halogens is 2. The van der Waals surface area contributed by atoms with Crippen LogP contribution in [-0.2, 0) is 9.59 Å². The number of carboxylic acids is 1. The summed E-state index contributed by atoms with van der Waals surface area (Å²) in [5.41, 5.74) is 0.218. The van der Waals surface area contributed by atoms with Gasteiger partial charge in [-0.05, 0) is 37.6 Å². The number of thiazole rings is 1. The van der Waals surface area contributed by atoms with E-state index >= 15 is 0 Å². The van der Waals surface area contributed by atoms with Gasteiger partial charge in [0, 0.05) is 0 Å². The van der Waals surface area contributed by atoms with Crippen molar-refractivity contribution in [2.75, 3.05) is 4.90 Å². The average molecular weight is 437 g/mol. The molecule has 1 amide bonds. The van der Waals surface area contributed by atoms with Crippen LogP contribution in [0.3, 0.4) is 0 Å². The number of anilines is 2. The number of fused-ring (bicyclic) bond motifs is 2. The third kappa shape index (κ3) is 2.90. The van der Waals surface area contributed by atoms with Crippen molar-refractivity contribution >= 4 is 67.5 Å². The van der Waals surface area contributed by atoms with E-state index in [1.54, 1.807) is 24.3 Å². The first-order valence-electron chi connectivity index (χ1n) is 8.31. The van der Waals surface area contributed by atoms with E-state index in [4.69, 9.17) is 27.9 Å². The first-order valence-corrected chi connectivity index (χ1v) is 9.88. The number of benzene rings is 2. The number of aliphatic carboxylic acids is 1. The van der Waals surface area contributed by atoms with E-state index in [0.717, 1.165) is 10.3 Å². The molecule has 28 heavy (non-hydrogen) atoms. The number of nitrogens with zero attached hydrogens (tertiary/aromatic N) is 2. The van der Waals surface area contributed by atoms with Crippen molar-refractivity contribution in [2.45, 2.75) is 25.9 Å². The lowest BCUT2D eigenvalue weighted by Gasteiger charge is -2.39. The minimum Gasteiger partial charge on any atom is -0.481 e. The molecule has 0 aliphatic carbocycles. The lowest BCUT2D eigenvalue weighted by atomic mass is 9.96. The van der Waals surface area contributed by atoms with Crippen LogP contribution >= 0.6 is 34.5 Å². The lowest BCUT2D eigenvalue weighted by Crippen LogP contribution is -2.53. The Bertz CT molecular complexity index is 1150. The van der Waals surface area contributed by atoms with Crippen molar-refractivity contribution in [1.82, 2.24) is 4.98 Å². The molecular formula is C19H14Cl2N2O4S. The summed E-state index contributed by atoms with van der Waals surface area (Å²) in [6.07, 6.45) is -0.479. The van der Waals surface area contributed by atoms with Gasteiger partial charge in [-0.2, -0.15) is 0 Å². The lowest BCUT2D eigenvalue weighted by molar-refractivity contribution is -0.148. The smallest absolute Gasteiger partial charge is 0.307 e. The van der Waals surface area contributed by atoms with Gasteiger partial charge in [0.2, 0.25) is 0 Å². The Morgan fingerprint density at radius 3 is 2.79 bits per heavy atom. The van der Waals surface area contributed by atoms with Gasteiger partial charge < -0.3 is 9.84 Å². The second-order valence-electron chi connectivity index (χ2n) is 6.67. The maximum Gasteiger partial charge on any atom is 0.307 e. The molecule has 0 bridgehead atoms. The van der Waals surface area contributed by atoms with E-state index in [-0.39, 0.29) is 0 Å². The number of aromatic nitrogens is 1. The zero-order valence-corrected chi connectivity index (χ0v) is 17.2. The van der Waals surface area contributed by atoms with E-state index in [2.05, 4.69) is 4.98 Å². The number of carbonyl (C=O) groups excluding carboxylic acids is 1. The largest absolute Gasteiger partial charge is 0.481 e. The fraction of sp³-hybridized carbons (Fsp3) is 0.211. The van der Waals surface area contributed by atoms with Crippen LogP contribution in [0, 0.1) is 6.92 Å². The standard InChI is InChI=1S/C19H14Cl2N2O4S/c1-9-4-3-5-11-16(9)27-19(2,8-13(24)25)17(26)23(11)18-22-15-12(28-18)7-6-10(20)14(15)21/h3-7H,8H2,1-2H3,(H,24,25). The Morgan fingerprint density at radius 2 is 2.07 bits per heavy atom. The number of rotatable bonds is 3. The van der Waals surface area contributed by atoms with Gasteiger partial charge in [-0.15, -0.1) is 0 Å². The average Bonchev–Trinajstić information content (AvgIpc) is 3.04. The molecule has 3 aromatic rings. The minimum absolute atomic E-state index is 0.306. The van der Waals surface area contributed by atoms with Crippen molar-refractivity contribution < 1.29 is 19.4 Å². The SMILES string of the molecule is Cc1cccc2c1OC(C)(CC(=O)O)C(=O)N2c1nc2c(Cl)c(Cl)ccc2s1. The van der Waals surface area contributed by atoms with E-state index in [9.17, 15) is 14.7 Å². The Kier molecular flexibility index (Phi) is 4.49. The molecule has 2 aromatic carbocycles. The summed E-state index contributed by atoms with van der Waals surface area (Å²) in [6, 6.07) is 8.82. The predicted octanol–water partition coefficient (Wildman–Crippen LogP) is 5.20. The highest BCUT2D eigenvalue weighted by Crippen LogP contribution is 2.47. The highest BCUT2D eigenvalue weighted by Gasteiger charge is 2.48. The summed E-state index contributed by atoms with van der Waals surface area (Å²) in [4.78, 5) is 30.6. The monoisotopic (exact) mass is 436 g/mol. The van der Waals surface area contributed by atoms with Crippen LogP contribution in [-0.4, -0.2) is 27.6 Å². The van der Waals surface area contributed by atoms with Crippen molar-refractivity contribution in [3.8, 4) is 5.75 Å². The molecule has 4 rings (SSSR count). The van der Waals surface area contributed by atoms with Gasteiger partial charge in [0.05, 0.1) is 26.9 Å². The molecule has 0 saturated carbocycles. The first kappa shape index (κ1) is 19.0. The maximum absolute atomic E-state index is 13.3. The number of carbonyl (C=O) groups is 2. The third-order valence-electron chi connectivity index (χ3n) is 4.54. The van der Waals surface area contributed by atoms with Crippen molar-refractivity contribution in [3.05, 3.63) is 45.9 Å². The number of para-hydroxylation sites is 1. The highest BCUT2D eigenvalue weighted by molar-refractivity contribution is 7.22. The Hall–Kier alpha value is -2.35. The summed E-state index contributed by atoms with van der Waals surface area (Å²) < 4.78 is 6.66. The molecule has 0 fully saturated rings. The molecule has 144 valence electrons. The second-order valence-corrected chi connectivity index (χ2v) is 8.47. The Morgan fingerprint density at radius 1 is 1.32 bits per heavy atom. The third-order valence-corrected chi connectivity index (χ3v) is 6.34. The number of carboxylic acid groups (broad SMARTS) is 1. The quantitative estimate of drug-likeness (QED) is 0.609. The van der Waals surface area contributed by atoms with Crippen LogP contribution in [0.4, 0.5) is 10.8 Å². The van der Waals surface area contributed by atoms with Crippen LogP contribution in [0.15, 0.2) is 30.3 Å². The molecule has 1 N–H and O–H groups in total. The molecule has 1 aliphatic rings. The van der Waals surface area contributed by atoms with E-state index in [1.165, 1.54) is 23.2 Å². The van der Waals surface area contributed by atoms with E-state index in [1.807, 2.05) is 13.0 Å². The van der Waals surface area contributed by atoms with Gasteiger partial charge in [-0.25, -0.2) is 9.88 Å². The molecule has 2 heterocycles. The molecule has 1 aliphatic heterocycles. The number of hydrogen-bond donors (Lipinski definition) is 1. The number of aryl methyl sites for hydroxylation is 1. The normalized spacial score (nSPS) is 18.9. The fourth-order valence-corrected chi connectivity index (χ4v) is 4.57. The molecule has 1 unspecified atom stereocenters. The minimum atomic E-state index is -1.57. The van der Waals surface area contributed by atoms with Crippen molar-refractivity contribution in [2.24, 2.45) is 0 Å². The maximum atomic E-state index is 13.3. The molecule has 1 atom stereocenters. The number of amides is 1. The van der Waals surface area contributed by atoms with Gasteiger partial charge >= 0.3 is 5.97 Å². The van der Waals surface area contributed by atoms with E-state index < -0.39 is 23.9 Å². The van der Waals surface area contributed by atoms with Gasteiger partial charge in [0.1, 0.15) is 11.3 Å². The van der Waals surface area contributed by atoms with Crippen LogP contribution in [0.25, 0.3) is 10.2 Å². The van der Waals surface area contributed by atoms with Crippen LogP contribution in [0.5, 0.6) is 5.75 Å². The summed E-state index contributed by atoms with van der Waals surface area (Å²) in [5, 5.41) is 10.4. The van der Waals surface area contributed by atoms with Gasteiger partial charge in [-0.1, -0.05) is 46.7 Å². The zero-order chi connectivity index (χ0) is 20.2. The molecule has 0 saturated heterocycles. The molecular weight excluding hydrogens is 423 g/mol. The molecule has 9 heteroatoms. The van der Waals surface area contributed by atoms with Gasteiger partial charge in [0.15, 0.2) is 10.7 Å². The number of hydrogen-bond acceptors (Lipinski definition) is 5. The molecule has 0 radical (unpaired) electrons. The summed E-state index contributed by atoms with van der Waals surface area (Å²) in [6.45, 7) is 3.31. The molecule has 6 nitrogen and oxygen atoms in total. The summed E-state index contributed by atoms with van der Waals surface area (Å²) in [5.74, 6) is -1.18. The van der Waals surface area contributed by atoms with Crippen LogP contribution in [0.1, 0.15) is 18.9 Å². The number of ether oxygens (including phenoxy) is 1. The Balaban J connectivity index is 1.94. The highest BCUT2D eigenvalue weighted by atomic mass is 35.5. The zero-order valence-electron chi connectivity index (χ0n) is 14.8. The Labute approximate surface area is 174 Å². The molecule has 0 spiro atoms. The van der Waals surface area contributed by atoms with Gasteiger partial charge in [0.25, 0.3) is 5.91 Å². The van der Waals surface area contributed by atoms with Crippen LogP contribution < -0.4 is 9.64 Å². The predicted molar refractivity (Wildman–Crippen MR) is 109 cm³/mol. The van der Waals surface area contributed by atoms with Gasteiger partial charge in [-0.3, -0.25) is 9.59 Å². The summed E-state index contributed by atoms with van der Waals surface area (Å²) >= 11 is 13.6. The van der Waals surface area contributed by atoms with Crippen molar-refractivity contribution in [1.29, 1.82) is 0 Å². The second kappa shape index (κ2) is 6.62. The fourth-order valence-electron chi connectivity index (χ4n) is 3.17. The van der Waals surface area contributed by atoms with Crippen LogP contribution in [0.2, 0.25) is 10.0 Å². The van der Waals surface area contributed by atoms with E-state index in [0.29, 0.717) is 32.1 Å². The topological polar surface area (TPSA) is 79.7 Å². The van der Waals surface area contributed by atoms with Crippen molar-refractivity contribution in [3.63, 3.8) is 0 Å².